The molecule has 1 aromatic rings. The van der Waals surface area contributed by atoms with E-state index in [2.05, 4.69) is 32.9 Å². The smallest absolute Gasteiger partial charge is 0.315 e. The van der Waals surface area contributed by atoms with Gasteiger partial charge in [-0.3, -0.25) is 0 Å². The van der Waals surface area contributed by atoms with E-state index >= 15 is 0 Å². The topological polar surface area (TPSA) is 46.3 Å². The Morgan fingerprint density at radius 2 is 1.88 bits per heavy atom. The van der Waals surface area contributed by atoms with Crippen molar-refractivity contribution >= 4 is 6.03 Å². The average molecular weight is 234 g/mol. The van der Waals surface area contributed by atoms with Gasteiger partial charge in [-0.15, -0.1) is 0 Å². The summed E-state index contributed by atoms with van der Waals surface area (Å²) in [5, 5.41) is 0. The van der Waals surface area contributed by atoms with Crippen molar-refractivity contribution < 1.29 is 4.79 Å². The first kappa shape index (κ1) is 13.6. The fourth-order valence-electron chi connectivity index (χ4n) is 2.06. The van der Waals surface area contributed by atoms with E-state index < -0.39 is 0 Å². The van der Waals surface area contributed by atoms with Gasteiger partial charge >= 0.3 is 6.03 Å². The van der Waals surface area contributed by atoms with Crippen LogP contribution in [-0.4, -0.2) is 17.5 Å². The molecule has 3 nitrogen and oxygen atoms in total. The molecule has 0 aliphatic carbocycles. The Labute approximate surface area is 104 Å². The summed E-state index contributed by atoms with van der Waals surface area (Å²) in [4.78, 5) is 13.2. The normalized spacial score (nSPS) is 12.5. The molecule has 0 aromatic heterocycles. The number of primary amides is 1. The number of nitrogens with two attached hydrogens (primary N) is 1. The molecule has 2 amide bonds. The van der Waals surface area contributed by atoms with Gasteiger partial charge in [0, 0.05) is 6.54 Å². The Morgan fingerprint density at radius 3 is 2.35 bits per heavy atom. The van der Waals surface area contributed by atoms with Gasteiger partial charge in [-0.05, 0) is 30.9 Å². The van der Waals surface area contributed by atoms with Gasteiger partial charge in [-0.1, -0.05) is 38.1 Å². The quantitative estimate of drug-likeness (QED) is 0.855. The zero-order chi connectivity index (χ0) is 13.0. The van der Waals surface area contributed by atoms with E-state index in [0.717, 1.165) is 5.56 Å². The van der Waals surface area contributed by atoms with Gasteiger partial charge < -0.3 is 10.6 Å². The highest BCUT2D eigenvalue weighted by Crippen LogP contribution is 2.23. The molecule has 0 saturated heterocycles. The van der Waals surface area contributed by atoms with Crippen molar-refractivity contribution in [3.05, 3.63) is 35.4 Å². The van der Waals surface area contributed by atoms with Crippen LogP contribution in [0, 0.1) is 12.8 Å². The third-order valence-electron chi connectivity index (χ3n) is 2.95. The van der Waals surface area contributed by atoms with Crippen LogP contribution in [0.25, 0.3) is 0 Å². The van der Waals surface area contributed by atoms with E-state index in [4.69, 9.17) is 5.73 Å². The van der Waals surface area contributed by atoms with Crippen LogP contribution in [0.15, 0.2) is 24.3 Å². The molecule has 0 aliphatic heterocycles. The van der Waals surface area contributed by atoms with E-state index in [-0.39, 0.29) is 12.1 Å². The third kappa shape index (κ3) is 3.48. The molecule has 1 atom stereocenters. The number of rotatable bonds is 4. The minimum absolute atomic E-state index is 0.0242. The van der Waals surface area contributed by atoms with Crippen LogP contribution in [0.2, 0.25) is 0 Å². The second kappa shape index (κ2) is 5.71. The Balaban J connectivity index is 2.96. The van der Waals surface area contributed by atoms with E-state index in [1.807, 2.05) is 19.1 Å². The number of amides is 2. The number of nitrogens with zero attached hydrogens (tertiary/aromatic N) is 1. The van der Waals surface area contributed by atoms with Crippen molar-refractivity contribution in [2.75, 3.05) is 6.54 Å². The van der Waals surface area contributed by atoms with E-state index in [1.165, 1.54) is 5.56 Å². The maximum atomic E-state index is 11.5. The van der Waals surface area contributed by atoms with Crippen LogP contribution < -0.4 is 5.73 Å². The number of hydrogen-bond acceptors (Lipinski definition) is 1. The van der Waals surface area contributed by atoms with Crippen molar-refractivity contribution in [2.45, 2.75) is 33.7 Å². The monoisotopic (exact) mass is 234 g/mol. The maximum Gasteiger partial charge on any atom is 0.315 e. The lowest BCUT2D eigenvalue weighted by molar-refractivity contribution is 0.179. The summed E-state index contributed by atoms with van der Waals surface area (Å²) in [5.41, 5.74) is 7.81. The SMILES string of the molecule is Cc1ccccc1[C@H](C)N(CC(C)C)C(N)=O. The van der Waals surface area contributed by atoms with Crippen LogP contribution in [0.3, 0.4) is 0 Å². The molecule has 3 heteroatoms. The van der Waals surface area contributed by atoms with Crippen LogP contribution in [-0.2, 0) is 0 Å². The van der Waals surface area contributed by atoms with Crippen LogP contribution >= 0.6 is 0 Å². The summed E-state index contributed by atoms with van der Waals surface area (Å²) in [6.45, 7) is 8.93. The summed E-state index contributed by atoms with van der Waals surface area (Å²) in [5.74, 6) is 0.411. The molecule has 94 valence electrons. The molecule has 0 radical (unpaired) electrons. The number of benzene rings is 1. The van der Waals surface area contributed by atoms with Gasteiger partial charge in [0.2, 0.25) is 0 Å². The minimum atomic E-state index is -0.352. The van der Waals surface area contributed by atoms with Gasteiger partial charge in [-0.2, -0.15) is 0 Å². The van der Waals surface area contributed by atoms with Gasteiger partial charge in [0.25, 0.3) is 0 Å². The zero-order valence-electron chi connectivity index (χ0n) is 11.1. The molecular formula is C14H22N2O. The van der Waals surface area contributed by atoms with Gasteiger partial charge in [0.05, 0.1) is 6.04 Å². The average Bonchev–Trinajstić information content (AvgIpc) is 2.25. The largest absolute Gasteiger partial charge is 0.351 e. The fourth-order valence-corrected chi connectivity index (χ4v) is 2.06. The lowest BCUT2D eigenvalue weighted by atomic mass is 10.0. The maximum absolute atomic E-state index is 11.5. The Morgan fingerprint density at radius 1 is 1.29 bits per heavy atom. The molecule has 0 spiro atoms. The number of carbonyl (C=O) groups is 1. The molecule has 1 aromatic carbocycles. The first-order valence-electron chi connectivity index (χ1n) is 6.05. The summed E-state index contributed by atoms with van der Waals surface area (Å²) in [6, 6.07) is 7.78. The molecular weight excluding hydrogens is 212 g/mol. The molecule has 2 N–H and O–H groups in total. The van der Waals surface area contributed by atoms with Crippen molar-refractivity contribution in [1.82, 2.24) is 4.90 Å². The summed E-state index contributed by atoms with van der Waals surface area (Å²) in [6.07, 6.45) is 0. The van der Waals surface area contributed by atoms with Gasteiger partial charge in [-0.25, -0.2) is 4.79 Å². The fraction of sp³-hybridized carbons (Fsp3) is 0.500. The number of carbonyl (C=O) groups excluding carboxylic acids is 1. The predicted octanol–water partition coefficient (Wildman–Crippen LogP) is 3.09. The highest BCUT2D eigenvalue weighted by Gasteiger charge is 2.20. The summed E-state index contributed by atoms with van der Waals surface area (Å²) in [7, 11) is 0. The van der Waals surface area contributed by atoms with E-state index in [9.17, 15) is 4.79 Å². The Bertz CT molecular complexity index is 388. The number of urea groups is 1. The third-order valence-corrected chi connectivity index (χ3v) is 2.95. The van der Waals surface area contributed by atoms with Crippen LogP contribution in [0.4, 0.5) is 4.79 Å². The summed E-state index contributed by atoms with van der Waals surface area (Å²) >= 11 is 0. The molecule has 0 aliphatic rings. The molecule has 0 unspecified atom stereocenters. The lowest BCUT2D eigenvalue weighted by Gasteiger charge is -2.30. The van der Waals surface area contributed by atoms with Crippen LogP contribution in [0.5, 0.6) is 0 Å². The second-order valence-electron chi connectivity index (χ2n) is 4.92. The van der Waals surface area contributed by atoms with Crippen molar-refractivity contribution in [2.24, 2.45) is 11.7 Å². The van der Waals surface area contributed by atoms with Crippen LogP contribution in [0.1, 0.15) is 37.9 Å². The van der Waals surface area contributed by atoms with Crippen molar-refractivity contribution in [1.29, 1.82) is 0 Å². The van der Waals surface area contributed by atoms with E-state index in [1.54, 1.807) is 4.90 Å². The Hall–Kier alpha value is -1.51. The molecule has 0 heterocycles. The molecule has 17 heavy (non-hydrogen) atoms. The van der Waals surface area contributed by atoms with Gasteiger partial charge in [0.1, 0.15) is 0 Å². The first-order valence-corrected chi connectivity index (χ1v) is 6.05. The minimum Gasteiger partial charge on any atom is -0.351 e. The first-order chi connectivity index (χ1) is 7.93. The standard InChI is InChI=1S/C14H22N2O/c1-10(2)9-16(14(15)17)12(4)13-8-6-5-7-11(13)3/h5-8,10,12H,9H2,1-4H3,(H2,15,17)/t12-/m0/s1. The lowest BCUT2D eigenvalue weighted by Crippen LogP contribution is -2.40. The van der Waals surface area contributed by atoms with Gasteiger partial charge in [0.15, 0.2) is 0 Å². The van der Waals surface area contributed by atoms with Crippen molar-refractivity contribution in [3.63, 3.8) is 0 Å². The molecule has 0 saturated carbocycles. The molecule has 0 fully saturated rings. The predicted molar refractivity (Wildman–Crippen MR) is 70.7 cm³/mol. The Kier molecular flexibility index (Phi) is 4.55. The summed E-state index contributed by atoms with van der Waals surface area (Å²) < 4.78 is 0. The molecule has 0 bridgehead atoms. The zero-order valence-corrected chi connectivity index (χ0v) is 11.1. The number of hydrogen-bond donors (Lipinski definition) is 1. The highest BCUT2D eigenvalue weighted by atomic mass is 16.2. The highest BCUT2D eigenvalue weighted by molar-refractivity contribution is 5.72. The second-order valence-corrected chi connectivity index (χ2v) is 4.92. The molecule has 1 rings (SSSR count). The number of aryl methyl sites for hydroxylation is 1. The van der Waals surface area contributed by atoms with Crippen molar-refractivity contribution in [3.8, 4) is 0 Å². The van der Waals surface area contributed by atoms with E-state index in [0.29, 0.717) is 12.5 Å².